The fraction of sp³-hybridized carbons (Fsp3) is 0.320. The second kappa shape index (κ2) is 8.82. The summed E-state index contributed by atoms with van der Waals surface area (Å²) in [5, 5.41) is 5.55. The smallest absolute Gasteiger partial charge is 0.147 e. The third-order valence-electron chi connectivity index (χ3n) is 5.81. The van der Waals surface area contributed by atoms with Crippen molar-refractivity contribution in [1.29, 1.82) is 0 Å². The number of nitrogens with zero attached hydrogens (tertiary/aromatic N) is 2. The summed E-state index contributed by atoms with van der Waals surface area (Å²) in [5.74, 6) is 2.05. The van der Waals surface area contributed by atoms with E-state index in [0.717, 1.165) is 57.8 Å². The molecule has 1 fully saturated rings. The molecule has 1 aliphatic heterocycles. The number of fused-ring (bicyclic) bond motifs is 1. The highest BCUT2D eigenvalue weighted by Gasteiger charge is 2.30. The lowest BCUT2D eigenvalue weighted by Gasteiger charge is -2.41. The van der Waals surface area contributed by atoms with E-state index in [1.807, 2.05) is 37.4 Å². The van der Waals surface area contributed by atoms with Gasteiger partial charge in [-0.15, -0.1) is 0 Å². The number of ether oxygens (including phenoxy) is 1. The van der Waals surface area contributed by atoms with Crippen molar-refractivity contribution in [3.8, 4) is 5.75 Å². The van der Waals surface area contributed by atoms with Crippen molar-refractivity contribution in [3.63, 3.8) is 0 Å². The van der Waals surface area contributed by atoms with Crippen molar-refractivity contribution in [3.05, 3.63) is 66.4 Å². The molecular formula is C25H29N3O3S. The van der Waals surface area contributed by atoms with E-state index in [4.69, 9.17) is 4.74 Å². The van der Waals surface area contributed by atoms with Crippen LogP contribution in [0.5, 0.6) is 5.75 Å². The van der Waals surface area contributed by atoms with Gasteiger partial charge in [-0.05, 0) is 47.7 Å². The van der Waals surface area contributed by atoms with Gasteiger partial charge >= 0.3 is 0 Å². The van der Waals surface area contributed by atoms with E-state index in [-0.39, 0.29) is 11.7 Å². The average Bonchev–Trinajstić information content (AvgIpc) is 2.73. The number of sulfone groups is 1. The molecule has 7 heteroatoms. The van der Waals surface area contributed by atoms with Crippen LogP contribution in [0.25, 0.3) is 16.3 Å². The number of allylic oxidation sites excluding steroid dienone is 1. The van der Waals surface area contributed by atoms with E-state index in [1.165, 1.54) is 6.26 Å². The van der Waals surface area contributed by atoms with Gasteiger partial charge in [0, 0.05) is 49.1 Å². The van der Waals surface area contributed by atoms with E-state index in [2.05, 4.69) is 40.0 Å². The Kier molecular flexibility index (Phi) is 6.11. The first-order chi connectivity index (χ1) is 15.2. The summed E-state index contributed by atoms with van der Waals surface area (Å²) in [6.45, 7) is 8.29. The first-order valence-electron chi connectivity index (χ1n) is 10.6. The standard InChI is InChI=1S/C25H29N3O3S/c1-17(2)21-9-10-24(28-14-19(15-28)16-32(4,29)30)23-13-27-25(11-22(21)23)26-12-18-5-7-20(31-3)8-6-18/h5-11,13,19H,1,12,14-16H2,2-4H3,(H,26,27). The van der Waals surface area contributed by atoms with Crippen molar-refractivity contribution >= 4 is 37.7 Å². The minimum Gasteiger partial charge on any atom is -0.497 e. The molecule has 1 saturated heterocycles. The minimum atomic E-state index is -2.96. The molecule has 0 radical (unpaired) electrons. The molecule has 0 saturated carbocycles. The summed E-state index contributed by atoms with van der Waals surface area (Å²) >= 11 is 0. The van der Waals surface area contributed by atoms with Gasteiger partial charge in [0.25, 0.3) is 0 Å². The molecule has 0 unspecified atom stereocenters. The van der Waals surface area contributed by atoms with Crippen molar-refractivity contribution in [2.24, 2.45) is 5.92 Å². The lowest BCUT2D eigenvalue weighted by atomic mass is 9.96. The van der Waals surface area contributed by atoms with Crippen molar-refractivity contribution in [1.82, 2.24) is 4.98 Å². The van der Waals surface area contributed by atoms with Gasteiger partial charge in [0.2, 0.25) is 0 Å². The maximum Gasteiger partial charge on any atom is 0.147 e. The molecule has 1 aliphatic rings. The molecule has 2 aromatic carbocycles. The summed E-state index contributed by atoms with van der Waals surface area (Å²) < 4.78 is 28.4. The highest BCUT2D eigenvalue weighted by Crippen LogP contribution is 2.36. The lowest BCUT2D eigenvalue weighted by molar-refractivity contribution is 0.414. The highest BCUT2D eigenvalue weighted by molar-refractivity contribution is 7.90. The quantitative estimate of drug-likeness (QED) is 0.548. The molecule has 0 spiro atoms. The van der Waals surface area contributed by atoms with Crippen LogP contribution in [-0.4, -0.2) is 45.6 Å². The second-order valence-electron chi connectivity index (χ2n) is 8.59. The maximum absolute atomic E-state index is 11.6. The van der Waals surface area contributed by atoms with Crippen molar-refractivity contribution in [2.45, 2.75) is 13.5 Å². The van der Waals surface area contributed by atoms with Gasteiger partial charge in [0.15, 0.2) is 0 Å². The number of anilines is 2. The molecule has 0 amide bonds. The zero-order chi connectivity index (χ0) is 22.9. The molecule has 4 rings (SSSR count). The van der Waals surface area contributed by atoms with Crippen molar-refractivity contribution < 1.29 is 13.2 Å². The number of hydrogen-bond donors (Lipinski definition) is 1. The normalized spacial score (nSPS) is 14.3. The average molecular weight is 452 g/mol. The molecule has 6 nitrogen and oxygen atoms in total. The van der Waals surface area contributed by atoms with E-state index in [9.17, 15) is 8.42 Å². The number of benzene rings is 2. The summed E-state index contributed by atoms with van der Waals surface area (Å²) in [7, 11) is -1.30. The Morgan fingerprint density at radius 2 is 1.91 bits per heavy atom. The van der Waals surface area contributed by atoms with Crippen LogP contribution in [0.1, 0.15) is 18.1 Å². The zero-order valence-corrected chi connectivity index (χ0v) is 19.6. The monoisotopic (exact) mass is 451 g/mol. The summed E-state index contributed by atoms with van der Waals surface area (Å²) in [5.41, 5.74) is 4.31. The Balaban J connectivity index is 1.57. The van der Waals surface area contributed by atoms with Gasteiger partial charge in [0.1, 0.15) is 21.4 Å². The van der Waals surface area contributed by atoms with Gasteiger partial charge in [-0.2, -0.15) is 0 Å². The predicted octanol–water partition coefficient (Wildman–Crippen LogP) is 4.37. The number of aromatic nitrogens is 1. The molecule has 3 aromatic rings. The molecular weight excluding hydrogens is 422 g/mol. The van der Waals surface area contributed by atoms with Crippen LogP contribution < -0.4 is 15.0 Å². The Morgan fingerprint density at radius 3 is 2.53 bits per heavy atom. The summed E-state index contributed by atoms with van der Waals surface area (Å²) in [4.78, 5) is 6.88. The van der Waals surface area contributed by atoms with Crippen molar-refractivity contribution in [2.75, 3.05) is 42.4 Å². The van der Waals surface area contributed by atoms with Gasteiger partial charge in [-0.25, -0.2) is 13.4 Å². The van der Waals surface area contributed by atoms with Gasteiger partial charge in [-0.1, -0.05) is 30.4 Å². The molecule has 0 bridgehead atoms. The molecule has 1 N–H and O–H groups in total. The fourth-order valence-corrected chi connectivity index (χ4v) is 5.27. The van der Waals surface area contributed by atoms with Gasteiger partial charge in [-0.3, -0.25) is 0 Å². The van der Waals surface area contributed by atoms with Crippen LogP contribution in [0.15, 0.2) is 55.2 Å². The van der Waals surface area contributed by atoms with Gasteiger partial charge < -0.3 is 15.0 Å². The second-order valence-corrected chi connectivity index (χ2v) is 10.8. The number of methoxy groups -OCH3 is 1. The molecule has 0 atom stereocenters. The van der Waals surface area contributed by atoms with E-state index < -0.39 is 9.84 Å². The van der Waals surface area contributed by atoms with Crippen LogP contribution in [0, 0.1) is 5.92 Å². The molecule has 1 aromatic heterocycles. The maximum atomic E-state index is 11.6. The summed E-state index contributed by atoms with van der Waals surface area (Å²) in [6, 6.07) is 14.2. The third kappa shape index (κ3) is 4.88. The number of pyridine rings is 1. The SMILES string of the molecule is C=C(C)c1ccc(N2CC(CS(C)(=O)=O)C2)c2cnc(NCc3ccc(OC)cc3)cc12. The fourth-order valence-electron chi connectivity index (χ4n) is 4.20. The van der Waals surface area contributed by atoms with Crippen LogP contribution in [-0.2, 0) is 16.4 Å². The topological polar surface area (TPSA) is 71.5 Å². The number of nitrogens with one attached hydrogen (secondary N) is 1. The molecule has 0 aliphatic carbocycles. The number of hydrogen-bond acceptors (Lipinski definition) is 6. The molecule has 32 heavy (non-hydrogen) atoms. The Bertz CT molecular complexity index is 1250. The molecule has 168 valence electrons. The van der Waals surface area contributed by atoms with Crippen LogP contribution >= 0.6 is 0 Å². The number of rotatable bonds is 8. The minimum absolute atomic E-state index is 0.180. The first-order valence-corrected chi connectivity index (χ1v) is 12.7. The Morgan fingerprint density at radius 1 is 1.19 bits per heavy atom. The Hall–Kier alpha value is -3.06. The lowest BCUT2D eigenvalue weighted by Crippen LogP contribution is -2.49. The predicted molar refractivity (Wildman–Crippen MR) is 132 cm³/mol. The zero-order valence-electron chi connectivity index (χ0n) is 18.8. The van der Waals surface area contributed by atoms with Gasteiger partial charge in [0.05, 0.1) is 12.9 Å². The third-order valence-corrected chi connectivity index (χ3v) is 6.88. The summed E-state index contributed by atoms with van der Waals surface area (Å²) in [6.07, 6.45) is 3.20. The largest absolute Gasteiger partial charge is 0.497 e. The molecule has 2 heterocycles. The first kappa shape index (κ1) is 22.1. The van der Waals surface area contributed by atoms with E-state index in [1.54, 1.807) is 7.11 Å². The Labute approximate surface area is 189 Å². The van der Waals surface area contributed by atoms with Crippen LogP contribution in [0.4, 0.5) is 11.5 Å². The van der Waals surface area contributed by atoms with Crippen LogP contribution in [0.2, 0.25) is 0 Å². The van der Waals surface area contributed by atoms with Crippen LogP contribution in [0.3, 0.4) is 0 Å². The highest BCUT2D eigenvalue weighted by atomic mass is 32.2. The van der Waals surface area contributed by atoms with E-state index >= 15 is 0 Å². The van der Waals surface area contributed by atoms with E-state index in [0.29, 0.717) is 6.54 Å².